The van der Waals surface area contributed by atoms with E-state index >= 15 is 0 Å². The molecular formula is C11H10ClFN2S. The van der Waals surface area contributed by atoms with Crippen LogP contribution in [0.1, 0.15) is 16.5 Å². The lowest BCUT2D eigenvalue weighted by Crippen LogP contribution is -2.12. The van der Waals surface area contributed by atoms with Gasteiger partial charge in [0.1, 0.15) is 5.82 Å². The van der Waals surface area contributed by atoms with Gasteiger partial charge >= 0.3 is 0 Å². The molecular weight excluding hydrogens is 247 g/mol. The van der Waals surface area contributed by atoms with E-state index in [-0.39, 0.29) is 11.9 Å². The summed E-state index contributed by atoms with van der Waals surface area (Å²) >= 11 is 7.43. The van der Waals surface area contributed by atoms with E-state index < -0.39 is 0 Å². The van der Waals surface area contributed by atoms with Gasteiger partial charge in [-0.25, -0.2) is 4.39 Å². The van der Waals surface area contributed by atoms with Crippen LogP contribution in [0.3, 0.4) is 0 Å². The first kappa shape index (κ1) is 11.5. The van der Waals surface area contributed by atoms with Gasteiger partial charge in [0.25, 0.3) is 0 Å². The number of aromatic nitrogens is 1. The molecule has 1 aromatic carbocycles. The fraction of sp³-hybridized carbons (Fsp3) is 0.182. The highest BCUT2D eigenvalue weighted by molar-refractivity contribution is 7.09. The second-order valence-electron chi connectivity index (χ2n) is 3.45. The van der Waals surface area contributed by atoms with Crippen molar-refractivity contribution in [2.75, 3.05) is 0 Å². The fourth-order valence-corrected chi connectivity index (χ4v) is 2.30. The Labute approximate surface area is 102 Å². The predicted octanol–water partition coefficient (Wildman–Crippen LogP) is 3.18. The highest BCUT2D eigenvalue weighted by Crippen LogP contribution is 2.24. The van der Waals surface area contributed by atoms with Gasteiger partial charge in [-0.3, -0.25) is 4.98 Å². The Hall–Kier alpha value is -0.970. The van der Waals surface area contributed by atoms with Crippen molar-refractivity contribution in [3.63, 3.8) is 0 Å². The Kier molecular flexibility index (Phi) is 3.53. The van der Waals surface area contributed by atoms with Crippen molar-refractivity contribution in [2.45, 2.75) is 12.5 Å². The second-order valence-corrected chi connectivity index (χ2v) is 4.78. The van der Waals surface area contributed by atoms with Crippen LogP contribution in [-0.4, -0.2) is 4.98 Å². The van der Waals surface area contributed by atoms with Crippen LogP contribution in [0.5, 0.6) is 0 Å². The quantitative estimate of drug-likeness (QED) is 0.916. The van der Waals surface area contributed by atoms with Crippen LogP contribution in [-0.2, 0) is 6.42 Å². The van der Waals surface area contributed by atoms with Gasteiger partial charge in [0.2, 0.25) is 0 Å². The summed E-state index contributed by atoms with van der Waals surface area (Å²) in [5.74, 6) is -0.333. The molecule has 1 heterocycles. The van der Waals surface area contributed by atoms with E-state index in [0.29, 0.717) is 11.4 Å². The van der Waals surface area contributed by atoms with Gasteiger partial charge in [-0.15, -0.1) is 11.3 Å². The maximum Gasteiger partial charge on any atom is 0.124 e. The van der Waals surface area contributed by atoms with Crippen molar-refractivity contribution in [2.24, 2.45) is 5.73 Å². The molecule has 2 nitrogen and oxygen atoms in total. The van der Waals surface area contributed by atoms with Gasteiger partial charge in [-0.2, -0.15) is 0 Å². The molecule has 2 rings (SSSR count). The zero-order chi connectivity index (χ0) is 11.5. The van der Waals surface area contributed by atoms with E-state index in [0.717, 1.165) is 10.4 Å². The molecule has 0 saturated heterocycles. The lowest BCUT2D eigenvalue weighted by Gasteiger charge is -2.10. The summed E-state index contributed by atoms with van der Waals surface area (Å²) in [6, 6.07) is 4.21. The number of hydrogen-bond acceptors (Lipinski definition) is 3. The Morgan fingerprint density at radius 2 is 2.31 bits per heavy atom. The predicted molar refractivity (Wildman–Crippen MR) is 64.2 cm³/mol. The average Bonchev–Trinajstić information content (AvgIpc) is 2.75. The molecule has 0 aliphatic carbocycles. The molecule has 0 saturated carbocycles. The average molecular weight is 257 g/mol. The van der Waals surface area contributed by atoms with Crippen LogP contribution in [0.2, 0.25) is 5.02 Å². The summed E-state index contributed by atoms with van der Waals surface area (Å²) in [5.41, 5.74) is 8.58. The van der Waals surface area contributed by atoms with Gasteiger partial charge < -0.3 is 5.73 Å². The molecule has 0 fully saturated rings. The largest absolute Gasteiger partial charge is 0.323 e. The van der Waals surface area contributed by atoms with Gasteiger partial charge in [-0.1, -0.05) is 17.7 Å². The summed E-state index contributed by atoms with van der Waals surface area (Å²) in [5, 5.41) is 0.417. The van der Waals surface area contributed by atoms with E-state index in [9.17, 15) is 4.39 Å². The van der Waals surface area contributed by atoms with Gasteiger partial charge in [0, 0.05) is 22.1 Å². The Balaban J connectivity index is 2.15. The highest BCUT2D eigenvalue weighted by atomic mass is 35.5. The van der Waals surface area contributed by atoms with Crippen LogP contribution in [0, 0.1) is 5.82 Å². The molecule has 1 atom stereocenters. The van der Waals surface area contributed by atoms with Gasteiger partial charge in [-0.05, 0) is 24.1 Å². The van der Waals surface area contributed by atoms with Crippen LogP contribution in [0.15, 0.2) is 29.9 Å². The lowest BCUT2D eigenvalue weighted by molar-refractivity contribution is 0.626. The summed E-state index contributed by atoms with van der Waals surface area (Å²) < 4.78 is 12.8. The molecule has 0 amide bonds. The summed E-state index contributed by atoms with van der Waals surface area (Å²) in [7, 11) is 0. The summed E-state index contributed by atoms with van der Waals surface area (Å²) in [6.07, 6.45) is 2.33. The molecule has 0 bridgehead atoms. The number of nitrogens with two attached hydrogens (primary N) is 1. The van der Waals surface area contributed by atoms with E-state index in [1.165, 1.54) is 23.5 Å². The normalized spacial score (nSPS) is 12.7. The van der Waals surface area contributed by atoms with Gasteiger partial charge in [0.15, 0.2) is 0 Å². The first-order chi connectivity index (χ1) is 7.66. The maximum atomic E-state index is 12.8. The Morgan fingerprint density at radius 3 is 2.94 bits per heavy atom. The number of hydrogen-bond donors (Lipinski definition) is 1. The van der Waals surface area contributed by atoms with Crippen molar-refractivity contribution in [1.29, 1.82) is 0 Å². The van der Waals surface area contributed by atoms with Gasteiger partial charge in [0.05, 0.1) is 5.51 Å². The van der Waals surface area contributed by atoms with E-state index in [4.69, 9.17) is 17.3 Å². The van der Waals surface area contributed by atoms with Crippen molar-refractivity contribution in [3.05, 3.63) is 51.2 Å². The molecule has 0 aliphatic heterocycles. The zero-order valence-electron chi connectivity index (χ0n) is 8.36. The number of halogens is 2. The monoisotopic (exact) mass is 256 g/mol. The van der Waals surface area contributed by atoms with Crippen LogP contribution in [0.4, 0.5) is 4.39 Å². The van der Waals surface area contributed by atoms with Crippen molar-refractivity contribution in [3.8, 4) is 0 Å². The number of rotatable bonds is 3. The van der Waals surface area contributed by atoms with E-state index in [1.807, 2.05) is 0 Å². The summed E-state index contributed by atoms with van der Waals surface area (Å²) in [4.78, 5) is 4.97. The lowest BCUT2D eigenvalue weighted by atomic mass is 10.1. The number of benzene rings is 1. The molecule has 1 aromatic heterocycles. The maximum absolute atomic E-state index is 12.8. The highest BCUT2D eigenvalue weighted by Gasteiger charge is 2.11. The minimum atomic E-state index is -0.333. The SMILES string of the molecule is NC(Cc1ccc(F)cc1Cl)c1cncs1. The molecule has 1 unspecified atom stereocenters. The standard InChI is InChI=1S/C11H10ClFN2S/c12-9-4-8(13)2-1-7(9)3-10(14)11-5-15-6-16-11/h1-2,4-6,10H,3,14H2. The fourth-order valence-electron chi connectivity index (χ4n) is 1.43. The van der Waals surface area contributed by atoms with Crippen molar-refractivity contribution < 1.29 is 4.39 Å². The van der Waals surface area contributed by atoms with Crippen molar-refractivity contribution in [1.82, 2.24) is 4.98 Å². The third kappa shape index (κ3) is 2.58. The smallest absolute Gasteiger partial charge is 0.124 e. The molecule has 84 valence electrons. The van der Waals surface area contributed by atoms with Crippen molar-refractivity contribution >= 4 is 22.9 Å². The molecule has 16 heavy (non-hydrogen) atoms. The molecule has 2 N–H and O–H groups in total. The summed E-state index contributed by atoms with van der Waals surface area (Å²) in [6.45, 7) is 0. The van der Waals surface area contributed by atoms with E-state index in [1.54, 1.807) is 17.8 Å². The van der Waals surface area contributed by atoms with Crippen LogP contribution in [0.25, 0.3) is 0 Å². The second kappa shape index (κ2) is 4.91. The molecule has 0 aliphatic rings. The molecule has 5 heteroatoms. The van der Waals surface area contributed by atoms with Crippen LogP contribution >= 0.6 is 22.9 Å². The van der Waals surface area contributed by atoms with E-state index in [2.05, 4.69) is 4.98 Å². The minimum Gasteiger partial charge on any atom is -0.323 e. The third-order valence-corrected chi connectivity index (χ3v) is 3.53. The van der Waals surface area contributed by atoms with Crippen LogP contribution < -0.4 is 5.73 Å². The Morgan fingerprint density at radius 1 is 1.50 bits per heavy atom. The molecule has 0 spiro atoms. The zero-order valence-corrected chi connectivity index (χ0v) is 9.93. The number of nitrogens with zero attached hydrogens (tertiary/aromatic N) is 1. The molecule has 2 aromatic rings. The Bertz CT molecular complexity index is 473. The molecule has 0 radical (unpaired) electrons. The number of thiazole rings is 1. The topological polar surface area (TPSA) is 38.9 Å². The minimum absolute atomic E-state index is 0.143. The first-order valence-electron chi connectivity index (χ1n) is 4.74. The first-order valence-corrected chi connectivity index (χ1v) is 6.00. The third-order valence-electron chi connectivity index (χ3n) is 2.27.